The maximum absolute atomic E-state index is 12.4. The molecule has 3 rings (SSSR count). The second kappa shape index (κ2) is 9.29. The number of nitrogens with two attached hydrogens (primary N) is 1. The number of carbonyl (C=O) groups is 1. The van der Waals surface area contributed by atoms with Crippen molar-refractivity contribution in [3.05, 3.63) is 60.2 Å². The Morgan fingerprint density at radius 2 is 1.68 bits per heavy atom. The Balaban J connectivity index is 1.51. The minimum Gasteiger partial charge on any atom is -0.325 e. The zero-order valence-corrected chi connectivity index (χ0v) is 16.6. The van der Waals surface area contributed by atoms with E-state index in [0.717, 1.165) is 39.1 Å². The van der Waals surface area contributed by atoms with E-state index in [1.165, 1.54) is 17.7 Å². The first-order valence-electron chi connectivity index (χ1n) is 9.31. The van der Waals surface area contributed by atoms with E-state index < -0.39 is 10.0 Å². The molecule has 0 saturated carbocycles. The molecule has 0 spiro atoms. The molecule has 0 atom stereocenters. The third kappa shape index (κ3) is 6.13. The van der Waals surface area contributed by atoms with E-state index in [2.05, 4.69) is 39.4 Å². The monoisotopic (exact) mass is 402 g/mol. The summed E-state index contributed by atoms with van der Waals surface area (Å²) in [5, 5.41) is 7.90. The van der Waals surface area contributed by atoms with Gasteiger partial charge in [-0.1, -0.05) is 36.4 Å². The highest BCUT2D eigenvalue weighted by molar-refractivity contribution is 7.89. The van der Waals surface area contributed by atoms with E-state index >= 15 is 0 Å². The van der Waals surface area contributed by atoms with Crippen LogP contribution in [0.5, 0.6) is 0 Å². The molecule has 0 aromatic heterocycles. The van der Waals surface area contributed by atoms with Crippen LogP contribution in [0.15, 0.2) is 59.5 Å². The molecule has 1 fully saturated rings. The van der Waals surface area contributed by atoms with Gasteiger partial charge >= 0.3 is 0 Å². The SMILES string of the molecule is NS(=O)(=O)c1cccc(NC(=O)CN2CCCN(Cc3ccccc3)CC2)c1. The predicted molar refractivity (Wildman–Crippen MR) is 109 cm³/mol. The van der Waals surface area contributed by atoms with Gasteiger partial charge in [-0.25, -0.2) is 13.6 Å². The lowest BCUT2D eigenvalue weighted by Crippen LogP contribution is -2.36. The molecule has 3 N–H and O–H groups in total. The first-order chi connectivity index (χ1) is 13.4. The quantitative estimate of drug-likeness (QED) is 0.763. The van der Waals surface area contributed by atoms with Crippen LogP contribution in [0, 0.1) is 0 Å². The zero-order chi connectivity index (χ0) is 20.0. The first kappa shape index (κ1) is 20.5. The average Bonchev–Trinajstić information content (AvgIpc) is 2.87. The van der Waals surface area contributed by atoms with E-state index in [1.54, 1.807) is 12.1 Å². The van der Waals surface area contributed by atoms with Crippen molar-refractivity contribution in [3.63, 3.8) is 0 Å². The second-order valence-corrected chi connectivity index (χ2v) is 8.57. The summed E-state index contributed by atoms with van der Waals surface area (Å²) < 4.78 is 22.9. The highest BCUT2D eigenvalue weighted by atomic mass is 32.2. The molecule has 2 aromatic rings. The highest BCUT2D eigenvalue weighted by Gasteiger charge is 2.17. The Labute approximate surface area is 166 Å². The molecule has 150 valence electrons. The number of rotatable bonds is 6. The van der Waals surface area contributed by atoms with Gasteiger partial charge in [-0.2, -0.15) is 0 Å². The number of sulfonamides is 1. The van der Waals surface area contributed by atoms with Gasteiger partial charge in [0.2, 0.25) is 15.9 Å². The van der Waals surface area contributed by atoms with Crippen LogP contribution in [0.1, 0.15) is 12.0 Å². The Morgan fingerprint density at radius 3 is 2.43 bits per heavy atom. The number of nitrogens with one attached hydrogen (secondary N) is 1. The summed E-state index contributed by atoms with van der Waals surface area (Å²) in [4.78, 5) is 16.9. The standard InChI is InChI=1S/C20H26N4O3S/c21-28(26,27)19-9-4-8-18(14-19)22-20(25)16-24-11-5-10-23(12-13-24)15-17-6-2-1-3-7-17/h1-4,6-9,14H,5,10-13,15-16H2,(H,22,25)(H2,21,26,27). The largest absolute Gasteiger partial charge is 0.325 e. The zero-order valence-electron chi connectivity index (χ0n) is 15.8. The number of hydrogen-bond acceptors (Lipinski definition) is 5. The Morgan fingerprint density at radius 1 is 0.964 bits per heavy atom. The normalized spacial score (nSPS) is 16.5. The molecule has 0 unspecified atom stereocenters. The number of carbonyl (C=O) groups excluding carboxylic acids is 1. The summed E-state index contributed by atoms with van der Waals surface area (Å²) >= 11 is 0. The van der Waals surface area contributed by atoms with Crippen LogP contribution >= 0.6 is 0 Å². The van der Waals surface area contributed by atoms with Crippen LogP contribution in [0.4, 0.5) is 5.69 Å². The minimum atomic E-state index is -3.79. The first-order valence-corrected chi connectivity index (χ1v) is 10.9. The van der Waals surface area contributed by atoms with Gasteiger partial charge in [0.05, 0.1) is 11.4 Å². The molecule has 1 amide bonds. The summed E-state index contributed by atoms with van der Waals surface area (Å²) in [7, 11) is -3.79. The summed E-state index contributed by atoms with van der Waals surface area (Å²) in [6.45, 7) is 4.78. The average molecular weight is 403 g/mol. The second-order valence-electron chi connectivity index (χ2n) is 7.01. The van der Waals surface area contributed by atoms with Crippen molar-refractivity contribution in [1.29, 1.82) is 0 Å². The predicted octanol–water partition coefficient (Wildman–Crippen LogP) is 1.48. The molecule has 2 aromatic carbocycles. The number of nitrogens with zero attached hydrogens (tertiary/aromatic N) is 2. The maximum Gasteiger partial charge on any atom is 0.238 e. The van der Waals surface area contributed by atoms with E-state index in [0.29, 0.717) is 5.69 Å². The molecule has 0 aliphatic carbocycles. The van der Waals surface area contributed by atoms with Crippen molar-refractivity contribution < 1.29 is 13.2 Å². The summed E-state index contributed by atoms with van der Waals surface area (Å²) in [6, 6.07) is 16.4. The maximum atomic E-state index is 12.4. The minimum absolute atomic E-state index is 0.0170. The van der Waals surface area contributed by atoms with Crippen molar-refractivity contribution >= 4 is 21.6 Å². The molecule has 8 heteroatoms. The molecular weight excluding hydrogens is 376 g/mol. The van der Waals surface area contributed by atoms with Crippen molar-refractivity contribution in [3.8, 4) is 0 Å². The van der Waals surface area contributed by atoms with Gasteiger partial charge in [-0.05, 0) is 43.3 Å². The Bertz CT molecular complexity index is 903. The molecule has 1 saturated heterocycles. The van der Waals surface area contributed by atoms with E-state index in [1.807, 2.05) is 6.07 Å². The van der Waals surface area contributed by atoms with Gasteiger partial charge in [0.25, 0.3) is 0 Å². The smallest absolute Gasteiger partial charge is 0.238 e. The lowest BCUT2D eigenvalue weighted by atomic mass is 10.2. The topological polar surface area (TPSA) is 95.7 Å². The van der Waals surface area contributed by atoms with Gasteiger partial charge in [0.1, 0.15) is 0 Å². The summed E-state index contributed by atoms with van der Waals surface area (Å²) in [6.07, 6.45) is 1.00. The van der Waals surface area contributed by atoms with E-state index in [4.69, 9.17) is 5.14 Å². The van der Waals surface area contributed by atoms with Crippen LogP contribution in [-0.2, 0) is 21.4 Å². The van der Waals surface area contributed by atoms with Crippen LogP contribution in [0.25, 0.3) is 0 Å². The van der Waals surface area contributed by atoms with Crippen molar-refractivity contribution in [1.82, 2.24) is 9.80 Å². The molecule has 1 aliphatic heterocycles. The molecule has 0 bridgehead atoms. The molecular formula is C20H26N4O3S. The molecule has 7 nitrogen and oxygen atoms in total. The Kier molecular flexibility index (Phi) is 6.79. The van der Waals surface area contributed by atoms with Crippen molar-refractivity contribution in [2.24, 2.45) is 5.14 Å². The fourth-order valence-corrected chi connectivity index (χ4v) is 3.90. The van der Waals surface area contributed by atoms with Gasteiger partial charge in [-0.15, -0.1) is 0 Å². The van der Waals surface area contributed by atoms with Crippen LogP contribution < -0.4 is 10.5 Å². The number of benzene rings is 2. The van der Waals surface area contributed by atoms with E-state index in [9.17, 15) is 13.2 Å². The highest BCUT2D eigenvalue weighted by Crippen LogP contribution is 2.14. The van der Waals surface area contributed by atoms with Crippen LogP contribution in [0.2, 0.25) is 0 Å². The van der Waals surface area contributed by atoms with Gasteiger partial charge in [-0.3, -0.25) is 14.6 Å². The summed E-state index contributed by atoms with van der Waals surface area (Å²) in [5.74, 6) is -0.164. The molecule has 1 aliphatic rings. The van der Waals surface area contributed by atoms with E-state index in [-0.39, 0.29) is 17.3 Å². The summed E-state index contributed by atoms with van der Waals surface area (Å²) in [5.41, 5.74) is 1.72. The van der Waals surface area contributed by atoms with Crippen LogP contribution in [-0.4, -0.2) is 56.8 Å². The van der Waals surface area contributed by atoms with Crippen molar-refractivity contribution in [2.75, 3.05) is 38.0 Å². The number of hydrogen-bond donors (Lipinski definition) is 2. The number of anilines is 1. The molecule has 0 radical (unpaired) electrons. The Hall–Kier alpha value is -2.26. The third-order valence-corrected chi connectivity index (χ3v) is 5.65. The molecule has 1 heterocycles. The van der Waals surface area contributed by atoms with Crippen LogP contribution in [0.3, 0.4) is 0 Å². The number of amides is 1. The van der Waals surface area contributed by atoms with Gasteiger partial charge in [0.15, 0.2) is 0 Å². The fraction of sp³-hybridized carbons (Fsp3) is 0.350. The van der Waals surface area contributed by atoms with Crippen molar-refractivity contribution in [2.45, 2.75) is 17.9 Å². The fourth-order valence-electron chi connectivity index (χ4n) is 3.34. The number of primary sulfonamides is 1. The molecule has 28 heavy (non-hydrogen) atoms. The lowest BCUT2D eigenvalue weighted by Gasteiger charge is -2.21. The third-order valence-electron chi connectivity index (χ3n) is 4.74. The lowest BCUT2D eigenvalue weighted by molar-refractivity contribution is -0.117. The van der Waals surface area contributed by atoms with Gasteiger partial charge < -0.3 is 5.32 Å². The van der Waals surface area contributed by atoms with Gasteiger partial charge in [0, 0.05) is 25.3 Å².